The van der Waals surface area contributed by atoms with Crippen LogP contribution in [0.15, 0.2) is 42.6 Å². The highest BCUT2D eigenvalue weighted by atomic mass is 16.5. The number of ether oxygens (including phenoxy) is 1. The molecule has 0 radical (unpaired) electrons. The molecular weight excluding hydrogens is 426 g/mol. The van der Waals surface area contributed by atoms with Crippen molar-refractivity contribution >= 4 is 6.03 Å². The van der Waals surface area contributed by atoms with E-state index in [9.17, 15) is 10.1 Å². The van der Waals surface area contributed by atoms with Gasteiger partial charge in [0, 0.05) is 24.2 Å². The van der Waals surface area contributed by atoms with Crippen LogP contribution in [0.25, 0.3) is 22.6 Å². The number of carbonyl (C=O) groups is 1. The molecule has 0 bridgehead atoms. The number of imidazole rings is 1. The van der Waals surface area contributed by atoms with E-state index in [1.54, 1.807) is 6.07 Å². The largest absolute Gasteiger partial charge is 0.490 e. The Balaban J connectivity index is 1.39. The summed E-state index contributed by atoms with van der Waals surface area (Å²) in [6, 6.07) is 14.1. The fourth-order valence-corrected chi connectivity index (χ4v) is 4.94. The van der Waals surface area contributed by atoms with Crippen molar-refractivity contribution in [2.75, 3.05) is 13.1 Å². The summed E-state index contributed by atoms with van der Waals surface area (Å²) in [4.78, 5) is 22.6. The van der Waals surface area contributed by atoms with Gasteiger partial charge in [0.15, 0.2) is 0 Å². The molecule has 0 saturated carbocycles. The van der Waals surface area contributed by atoms with Gasteiger partial charge < -0.3 is 19.9 Å². The Hall–Kier alpha value is -3.79. The minimum absolute atomic E-state index is 0.00250. The molecule has 7 heteroatoms. The van der Waals surface area contributed by atoms with Crippen molar-refractivity contribution in [2.45, 2.75) is 51.7 Å². The van der Waals surface area contributed by atoms with Crippen LogP contribution in [0.3, 0.4) is 0 Å². The number of hydrogen-bond donors (Lipinski definition) is 2. The molecule has 1 atom stereocenters. The number of nitrogens with zero attached hydrogens (tertiary/aromatic N) is 3. The molecule has 34 heavy (non-hydrogen) atoms. The van der Waals surface area contributed by atoms with Gasteiger partial charge in [-0.1, -0.05) is 18.2 Å². The molecule has 2 amide bonds. The van der Waals surface area contributed by atoms with Gasteiger partial charge in [0.1, 0.15) is 17.6 Å². The molecule has 2 aromatic carbocycles. The molecule has 0 unspecified atom stereocenters. The second-order valence-corrected chi connectivity index (χ2v) is 9.24. The summed E-state index contributed by atoms with van der Waals surface area (Å²) in [6.45, 7) is 5.57. The normalized spacial score (nSPS) is 17.0. The summed E-state index contributed by atoms with van der Waals surface area (Å²) in [5.41, 5.74) is 5.79. The van der Waals surface area contributed by atoms with Crippen molar-refractivity contribution in [2.24, 2.45) is 0 Å². The SMILES string of the molecule is CC(C)Oc1ccc(-c2ncc(-c3cccc4c3CC[C@H]4NC(=O)N3CCCC3)[nH]2)cc1C#N. The van der Waals surface area contributed by atoms with Gasteiger partial charge in [0.2, 0.25) is 0 Å². The number of rotatable bonds is 5. The highest BCUT2D eigenvalue weighted by molar-refractivity contribution is 5.76. The quantitative estimate of drug-likeness (QED) is 0.553. The van der Waals surface area contributed by atoms with Gasteiger partial charge in [-0.3, -0.25) is 0 Å². The number of fused-ring (bicyclic) bond motifs is 1. The van der Waals surface area contributed by atoms with Crippen molar-refractivity contribution in [1.82, 2.24) is 20.2 Å². The average molecular weight is 456 g/mol. The van der Waals surface area contributed by atoms with Gasteiger partial charge >= 0.3 is 6.03 Å². The molecule has 7 nitrogen and oxygen atoms in total. The molecule has 2 aliphatic rings. The number of amides is 2. The van der Waals surface area contributed by atoms with E-state index in [0.717, 1.165) is 55.6 Å². The number of aromatic amines is 1. The number of nitriles is 1. The van der Waals surface area contributed by atoms with Crippen molar-refractivity contribution in [3.05, 3.63) is 59.3 Å². The molecule has 174 valence electrons. The Labute approximate surface area is 199 Å². The van der Waals surface area contributed by atoms with Crippen LogP contribution in [0.1, 0.15) is 55.8 Å². The third-order valence-corrected chi connectivity index (χ3v) is 6.56. The summed E-state index contributed by atoms with van der Waals surface area (Å²) in [7, 11) is 0. The molecule has 1 aromatic heterocycles. The van der Waals surface area contributed by atoms with Gasteiger partial charge in [-0.15, -0.1) is 0 Å². The van der Waals surface area contributed by atoms with E-state index in [4.69, 9.17) is 4.74 Å². The van der Waals surface area contributed by atoms with Gasteiger partial charge in [-0.05, 0) is 68.9 Å². The fourth-order valence-electron chi connectivity index (χ4n) is 4.94. The molecule has 1 aliphatic heterocycles. The smallest absolute Gasteiger partial charge is 0.317 e. The molecule has 3 aromatic rings. The third-order valence-electron chi connectivity index (χ3n) is 6.56. The van der Waals surface area contributed by atoms with Crippen LogP contribution in [-0.2, 0) is 6.42 Å². The second kappa shape index (κ2) is 9.22. The van der Waals surface area contributed by atoms with Gasteiger partial charge in [0.25, 0.3) is 0 Å². The highest BCUT2D eigenvalue weighted by Crippen LogP contribution is 2.38. The van der Waals surface area contributed by atoms with Crippen molar-refractivity contribution in [3.63, 3.8) is 0 Å². The van der Waals surface area contributed by atoms with Crippen LogP contribution in [0, 0.1) is 11.3 Å². The Morgan fingerprint density at radius 1 is 1.26 bits per heavy atom. The molecular formula is C27H29N5O2. The number of hydrogen-bond acceptors (Lipinski definition) is 4. The van der Waals surface area contributed by atoms with E-state index in [1.165, 1.54) is 11.1 Å². The van der Waals surface area contributed by atoms with Crippen LogP contribution >= 0.6 is 0 Å². The molecule has 1 saturated heterocycles. The number of nitrogens with one attached hydrogen (secondary N) is 2. The monoisotopic (exact) mass is 455 g/mol. The number of benzene rings is 2. The fraction of sp³-hybridized carbons (Fsp3) is 0.370. The minimum atomic E-state index is -0.00250. The highest BCUT2D eigenvalue weighted by Gasteiger charge is 2.29. The predicted octanol–water partition coefficient (Wildman–Crippen LogP) is 5.20. The number of carbonyl (C=O) groups excluding carboxylic acids is 1. The number of likely N-dealkylation sites (tertiary alicyclic amines) is 1. The van der Waals surface area contributed by atoms with E-state index in [2.05, 4.69) is 33.5 Å². The minimum Gasteiger partial charge on any atom is -0.490 e. The van der Waals surface area contributed by atoms with Gasteiger partial charge in [0.05, 0.1) is 29.6 Å². The Morgan fingerprint density at radius 2 is 2.09 bits per heavy atom. The second-order valence-electron chi connectivity index (χ2n) is 9.24. The van der Waals surface area contributed by atoms with Crippen molar-refractivity contribution in [3.8, 4) is 34.5 Å². The molecule has 1 fully saturated rings. The molecule has 1 aliphatic carbocycles. The van der Waals surface area contributed by atoms with Crippen molar-refractivity contribution < 1.29 is 9.53 Å². The number of urea groups is 1. The van der Waals surface area contributed by atoms with Crippen LogP contribution in [0.4, 0.5) is 4.79 Å². The predicted molar refractivity (Wildman–Crippen MR) is 130 cm³/mol. The first kappa shape index (κ1) is 22.0. The lowest BCUT2D eigenvalue weighted by Gasteiger charge is -2.21. The summed E-state index contributed by atoms with van der Waals surface area (Å²) >= 11 is 0. The van der Waals surface area contributed by atoms with Crippen LogP contribution < -0.4 is 10.1 Å². The maximum Gasteiger partial charge on any atom is 0.317 e. The van der Waals surface area contributed by atoms with Gasteiger partial charge in [-0.2, -0.15) is 5.26 Å². The molecule has 5 rings (SSSR count). The topological polar surface area (TPSA) is 94.0 Å². The number of H-pyrrole nitrogens is 1. The maximum absolute atomic E-state index is 12.6. The van der Waals surface area contributed by atoms with E-state index in [-0.39, 0.29) is 18.2 Å². The van der Waals surface area contributed by atoms with E-state index < -0.39 is 0 Å². The zero-order valence-corrected chi connectivity index (χ0v) is 19.6. The lowest BCUT2D eigenvalue weighted by atomic mass is 10.0. The Bertz CT molecular complexity index is 1250. The molecule has 2 N–H and O–H groups in total. The molecule has 2 heterocycles. The Kier molecular flexibility index (Phi) is 5.97. The number of aromatic nitrogens is 2. The first-order chi connectivity index (χ1) is 16.5. The lowest BCUT2D eigenvalue weighted by molar-refractivity contribution is 0.204. The summed E-state index contributed by atoms with van der Waals surface area (Å²) in [5, 5.41) is 12.8. The summed E-state index contributed by atoms with van der Waals surface area (Å²) in [6.07, 6.45) is 5.82. The summed E-state index contributed by atoms with van der Waals surface area (Å²) < 4.78 is 5.74. The lowest BCUT2D eigenvalue weighted by Crippen LogP contribution is -2.39. The van der Waals surface area contributed by atoms with Crippen LogP contribution in [-0.4, -0.2) is 40.1 Å². The Morgan fingerprint density at radius 3 is 2.85 bits per heavy atom. The summed E-state index contributed by atoms with van der Waals surface area (Å²) in [5.74, 6) is 1.29. The molecule has 0 spiro atoms. The zero-order valence-electron chi connectivity index (χ0n) is 19.6. The van der Waals surface area contributed by atoms with Crippen molar-refractivity contribution in [1.29, 1.82) is 5.26 Å². The van der Waals surface area contributed by atoms with E-state index in [0.29, 0.717) is 17.1 Å². The zero-order chi connectivity index (χ0) is 23.7. The van der Waals surface area contributed by atoms with E-state index >= 15 is 0 Å². The first-order valence-electron chi connectivity index (χ1n) is 12.0. The van der Waals surface area contributed by atoms with Crippen LogP contribution in [0.2, 0.25) is 0 Å². The maximum atomic E-state index is 12.6. The standard InChI is InChI=1S/C27H29N5O2/c1-17(2)34-25-11-8-18(14-19(25)15-28)26-29-16-24(30-26)22-7-5-6-21-20(22)9-10-23(21)31-27(33)32-12-3-4-13-32/h5-8,11,14,16-17,23H,3-4,9-10,12-13H2,1-2H3,(H,29,30)(H,31,33)/t23-/m1/s1. The average Bonchev–Trinajstić information content (AvgIpc) is 3.60. The van der Waals surface area contributed by atoms with Crippen LogP contribution in [0.5, 0.6) is 5.75 Å². The van der Waals surface area contributed by atoms with Gasteiger partial charge in [-0.25, -0.2) is 9.78 Å². The first-order valence-corrected chi connectivity index (χ1v) is 12.0. The third kappa shape index (κ3) is 4.24. The van der Waals surface area contributed by atoms with E-state index in [1.807, 2.05) is 43.1 Å².